The molecular formula is C22H37N3O4. The smallest absolute Gasteiger partial charge is 0.252 e. The van der Waals surface area contributed by atoms with Crippen LogP contribution in [0.3, 0.4) is 0 Å². The molecular weight excluding hydrogens is 370 g/mol. The Balaban J connectivity index is 1.53. The first-order valence-corrected chi connectivity index (χ1v) is 11.4. The Hall–Kier alpha value is -1.18. The minimum Gasteiger partial charge on any atom is -0.380 e. The summed E-state index contributed by atoms with van der Waals surface area (Å²) in [6, 6.07) is 0.297. The molecule has 164 valence electrons. The first-order chi connectivity index (χ1) is 14.0. The van der Waals surface area contributed by atoms with Crippen LogP contribution in [-0.2, 0) is 19.1 Å². The largest absolute Gasteiger partial charge is 0.380 e. The highest BCUT2D eigenvalue weighted by atomic mass is 16.5. The second-order valence-corrected chi connectivity index (χ2v) is 9.49. The Bertz CT molecular complexity index is 609. The first kappa shape index (κ1) is 21.1. The molecule has 3 heterocycles. The fourth-order valence-electron chi connectivity index (χ4n) is 6.31. The topological polar surface area (TPSA) is 71.1 Å². The van der Waals surface area contributed by atoms with Crippen LogP contribution in [0.4, 0.5) is 0 Å². The molecule has 1 saturated carbocycles. The SMILES string of the molecule is COC1CNCC(C2CCC3C(C2)N(C(=O)C2CCCO2)C[C@H](C)N3C(C)=O)C1. The van der Waals surface area contributed by atoms with E-state index < -0.39 is 0 Å². The highest BCUT2D eigenvalue weighted by molar-refractivity contribution is 5.82. The van der Waals surface area contributed by atoms with E-state index in [1.165, 1.54) is 0 Å². The summed E-state index contributed by atoms with van der Waals surface area (Å²) in [7, 11) is 1.79. The number of rotatable bonds is 3. The highest BCUT2D eigenvalue weighted by Crippen LogP contribution is 2.41. The van der Waals surface area contributed by atoms with E-state index in [1.54, 1.807) is 14.0 Å². The molecule has 29 heavy (non-hydrogen) atoms. The lowest BCUT2D eigenvalue weighted by Gasteiger charge is -2.55. The lowest BCUT2D eigenvalue weighted by atomic mass is 9.71. The zero-order valence-electron chi connectivity index (χ0n) is 18.1. The van der Waals surface area contributed by atoms with E-state index in [2.05, 4.69) is 22.0 Å². The fourth-order valence-corrected chi connectivity index (χ4v) is 6.31. The zero-order valence-corrected chi connectivity index (χ0v) is 18.1. The predicted octanol–water partition coefficient (Wildman–Crippen LogP) is 1.41. The molecule has 3 saturated heterocycles. The lowest BCUT2D eigenvalue weighted by molar-refractivity contribution is -0.160. The third-order valence-corrected chi connectivity index (χ3v) is 7.71. The number of piperazine rings is 1. The van der Waals surface area contributed by atoms with Crippen LogP contribution >= 0.6 is 0 Å². The standard InChI is InChI=1S/C22H37N3O4/c1-14-13-24(22(27)21-5-4-8-29-21)20-10-16(6-7-19(20)25(14)15(2)26)17-9-18(28-3)12-23-11-17/h14,16-21,23H,4-13H2,1-3H3/t14-,16?,17?,18?,19?,20?,21?/m0/s1. The van der Waals surface area contributed by atoms with Gasteiger partial charge in [0.2, 0.25) is 5.91 Å². The summed E-state index contributed by atoms with van der Waals surface area (Å²) < 4.78 is 11.3. The van der Waals surface area contributed by atoms with Crippen LogP contribution in [0.15, 0.2) is 0 Å². The number of hydrogen-bond donors (Lipinski definition) is 1. The number of ether oxygens (including phenoxy) is 2. The molecule has 4 rings (SSSR count). The molecule has 3 aliphatic heterocycles. The van der Waals surface area contributed by atoms with E-state index in [4.69, 9.17) is 9.47 Å². The Morgan fingerprint density at radius 3 is 2.59 bits per heavy atom. The molecule has 2 amide bonds. The van der Waals surface area contributed by atoms with Crippen LogP contribution in [0.2, 0.25) is 0 Å². The van der Waals surface area contributed by atoms with Crippen molar-refractivity contribution in [3.63, 3.8) is 0 Å². The van der Waals surface area contributed by atoms with Crippen LogP contribution < -0.4 is 5.32 Å². The van der Waals surface area contributed by atoms with Crippen molar-refractivity contribution in [2.24, 2.45) is 11.8 Å². The normalized spacial score (nSPS) is 40.6. The molecule has 7 heteroatoms. The molecule has 6 unspecified atom stereocenters. The molecule has 0 aromatic rings. The van der Waals surface area contributed by atoms with Crippen LogP contribution in [0.1, 0.15) is 52.4 Å². The van der Waals surface area contributed by atoms with Gasteiger partial charge in [0.15, 0.2) is 0 Å². The minimum absolute atomic E-state index is 0.0601. The number of amides is 2. The molecule has 7 nitrogen and oxygen atoms in total. The summed E-state index contributed by atoms with van der Waals surface area (Å²) in [5.41, 5.74) is 0. The van der Waals surface area contributed by atoms with Crippen molar-refractivity contribution >= 4 is 11.8 Å². The van der Waals surface area contributed by atoms with E-state index in [1.807, 2.05) is 0 Å². The van der Waals surface area contributed by atoms with Crippen molar-refractivity contribution < 1.29 is 19.1 Å². The van der Waals surface area contributed by atoms with Gasteiger partial charge in [0, 0.05) is 39.8 Å². The maximum atomic E-state index is 13.3. The molecule has 1 aliphatic carbocycles. The van der Waals surface area contributed by atoms with Crippen LogP contribution in [0.5, 0.6) is 0 Å². The molecule has 7 atom stereocenters. The average molecular weight is 408 g/mol. The third kappa shape index (κ3) is 4.19. The molecule has 0 bridgehead atoms. The van der Waals surface area contributed by atoms with E-state index in [0.717, 1.165) is 51.6 Å². The number of piperidine rings is 1. The maximum Gasteiger partial charge on any atom is 0.252 e. The number of hydrogen-bond acceptors (Lipinski definition) is 5. The van der Waals surface area contributed by atoms with Gasteiger partial charge in [0.05, 0.1) is 18.2 Å². The van der Waals surface area contributed by atoms with Gasteiger partial charge in [-0.15, -0.1) is 0 Å². The van der Waals surface area contributed by atoms with E-state index >= 15 is 0 Å². The van der Waals surface area contributed by atoms with Crippen molar-refractivity contribution in [3.8, 4) is 0 Å². The fraction of sp³-hybridized carbons (Fsp3) is 0.909. The summed E-state index contributed by atoms with van der Waals surface area (Å²) in [5, 5.41) is 3.53. The molecule has 4 aliphatic rings. The Morgan fingerprint density at radius 1 is 1.07 bits per heavy atom. The van der Waals surface area contributed by atoms with Gasteiger partial charge in [-0.1, -0.05) is 0 Å². The van der Waals surface area contributed by atoms with Crippen molar-refractivity contribution in [2.45, 2.75) is 82.7 Å². The summed E-state index contributed by atoms with van der Waals surface area (Å²) in [5.74, 6) is 1.40. The number of nitrogens with one attached hydrogen (secondary N) is 1. The van der Waals surface area contributed by atoms with Gasteiger partial charge in [-0.25, -0.2) is 0 Å². The van der Waals surface area contributed by atoms with Gasteiger partial charge >= 0.3 is 0 Å². The highest BCUT2D eigenvalue weighted by Gasteiger charge is 2.48. The number of carbonyl (C=O) groups excluding carboxylic acids is 2. The van der Waals surface area contributed by atoms with Gasteiger partial charge in [-0.2, -0.15) is 0 Å². The first-order valence-electron chi connectivity index (χ1n) is 11.4. The van der Waals surface area contributed by atoms with Gasteiger partial charge in [0.25, 0.3) is 5.91 Å². The number of methoxy groups -OCH3 is 1. The van der Waals surface area contributed by atoms with Gasteiger partial charge < -0.3 is 24.6 Å². The average Bonchev–Trinajstić information content (AvgIpc) is 3.27. The second kappa shape index (κ2) is 8.90. The Kier molecular flexibility index (Phi) is 6.47. The molecule has 0 spiro atoms. The molecule has 1 N–H and O–H groups in total. The third-order valence-electron chi connectivity index (χ3n) is 7.71. The number of carbonyl (C=O) groups is 2. The summed E-state index contributed by atoms with van der Waals surface area (Å²) >= 11 is 0. The van der Waals surface area contributed by atoms with E-state index in [-0.39, 0.29) is 42.1 Å². The summed E-state index contributed by atoms with van der Waals surface area (Å²) in [4.78, 5) is 29.9. The Labute approximate surface area is 174 Å². The Morgan fingerprint density at radius 2 is 1.90 bits per heavy atom. The summed E-state index contributed by atoms with van der Waals surface area (Å²) in [6.45, 7) is 7.00. The van der Waals surface area contributed by atoms with Gasteiger partial charge in [-0.3, -0.25) is 9.59 Å². The molecule has 0 radical (unpaired) electrons. The quantitative estimate of drug-likeness (QED) is 0.766. The number of nitrogens with zero attached hydrogens (tertiary/aromatic N) is 2. The molecule has 4 fully saturated rings. The summed E-state index contributed by atoms with van der Waals surface area (Å²) in [6.07, 6.45) is 5.91. The van der Waals surface area contributed by atoms with Crippen molar-refractivity contribution in [2.75, 3.05) is 33.4 Å². The zero-order chi connectivity index (χ0) is 20.5. The van der Waals surface area contributed by atoms with Crippen LogP contribution in [-0.4, -0.2) is 85.3 Å². The lowest BCUT2D eigenvalue weighted by Crippen LogP contribution is -2.68. The van der Waals surface area contributed by atoms with E-state index in [9.17, 15) is 9.59 Å². The van der Waals surface area contributed by atoms with Crippen molar-refractivity contribution in [1.29, 1.82) is 0 Å². The van der Waals surface area contributed by atoms with Crippen LogP contribution in [0, 0.1) is 11.8 Å². The monoisotopic (exact) mass is 407 g/mol. The molecule has 0 aromatic heterocycles. The van der Waals surface area contributed by atoms with Crippen molar-refractivity contribution in [3.05, 3.63) is 0 Å². The van der Waals surface area contributed by atoms with Gasteiger partial charge in [0.1, 0.15) is 6.10 Å². The number of fused-ring (bicyclic) bond motifs is 1. The van der Waals surface area contributed by atoms with E-state index in [0.29, 0.717) is 25.0 Å². The maximum absolute atomic E-state index is 13.3. The van der Waals surface area contributed by atoms with Crippen LogP contribution in [0.25, 0.3) is 0 Å². The predicted molar refractivity (Wildman–Crippen MR) is 109 cm³/mol. The van der Waals surface area contributed by atoms with Gasteiger partial charge in [-0.05, 0) is 63.8 Å². The second-order valence-electron chi connectivity index (χ2n) is 9.49. The minimum atomic E-state index is -0.290. The van der Waals surface area contributed by atoms with Crippen molar-refractivity contribution in [1.82, 2.24) is 15.1 Å². The molecule has 0 aromatic carbocycles.